The van der Waals surface area contributed by atoms with Crippen molar-refractivity contribution >= 4 is 22.5 Å². The molecule has 6 heteroatoms. The van der Waals surface area contributed by atoms with E-state index in [1.165, 1.54) is 0 Å². The molecule has 0 aliphatic carbocycles. The SMILES string of the molecule is CCN(CC)CCn1ccc2cc(NC(=O)c3cccn(Cc4cccc(C)c4)c3=O)ccc21. The van der Waals surface area contributed by atoms with Crippen LogP contribution in [0.5, 0.6) is 0 Å². The highest BCUT2D eigenvalue weighted by molar-refractivity contribution is 6.04. The van der Waals surface area contributed by atoms with Crippen LogP contribution in [0, 0.1) is 6.92 Å². The van der Waals surface area contributed by atoms with E-state index in [9.17, 15) is 9.59 Å². The molecule has 34 heavy (non-hydrogen) atoms. The molecular weight excluding hydrogens is 424 g/mol. The van der Waals surface area contributed by atoms with Crippen LogP contribution in [0.15, 0.2) is 77.9 Å². The number of aromatic nitrogens is 2. The van der Waals surface area contributed by atoms with Gasteiger partial charge in [0.2, 0.25) is 0 Å². The molecule has 0 fully saturated rings. The van der Waals surface area contributed by atoms with E-state index in [0.29, 0.717) is 12.2 Å². The third-order valence-corrected chi connectivity index (χ3v) is 6.28. The van der Waals surface area contributed by atoms with Crippen LogP contribution in [0.25, 0.3) is 10.9 Å². The number of amides is 1. The maximum Gasteiger partial charge on any atom is 0.263 e. The third kappa shape index (κ3) is 5.29. The fraction of sp³-hybridized carbons (Fsp3) is 0.286. The van der Waals surface area contributed by atoms with Crippen molar-refractivity contribution in [2.24, 2.45) is 0 Å². The van der Waals surface area contributed by atoms with Gasteiger partial charge in [-0.25, -0.2) is 0 Å². The Morgan fingerprint density at radius 2 is 1.76 bits per heavy atom. The molecule has 6 nitrogen and oxygen atoms in total. The molecule has 176 valence electrons. The standard InChI is InChI=1S/C28H32N4O2/c1-4-30(5-2)16-17-31-15-13-23-19-24(11-12-26(23)31)29-27(33)25-10-7-14-32(28(25)34)20-22-9-6-8-21(3)18-22/h6-15,18-19H,4-5,16-17,20H2,1-3H3,(H,29,33). The van der Waals surface area contributed by atoms with Crippen LogP contribution in [0.3, 0.4) is 0 Å². The number of aryl methyl sites for hydroxylation is 1. The van der Waals surface area contributed by atoms with Crippen LogP contribution >= 0.6 is 0 Å². The molecule has 2 aromatic heterocycles. The normalized spacial score (nSPS) is 11.3. The number of fused-ring (bicyclic) bond motifs is 1. The average Bonchev–Trinajstić information content (AvgIpc) is 3.23. The van der Waals surface area contributed by atoms with Crippen LogP contribution in [0.4, 0.5) is 5.69 Å². The van der Waals surface area contributed by atoms with Gasteiger partial charge < -0.3 is 19.4 Å². The Labute approximate surface area is 200 Å². The minimum atomic E-state index is -0.399. The van der Waals surface area contributed by atoms with Crippen molar-refractivity contribution in [2.45, 2.75) is 33.9 Å². The molecule has 0 aliphatic rings. The zero-order chi connectivity index (χ0) is 24.1. The molecule has 0 atom stereocenters. The second kappa shape index (κ2) is 10.5. The number of carbonyl (C=O) groups is 1. The Kier molecular flexibility index (Phi) is 7.28. The van der Waals surface area contributed by atoms with Gasteiger partial charge in [0.25, 0.3) is 11.5 Å². The Morgan fingerprint density at radius 1 is 0.941 bits per heavy atom. The van der Waals surface area contributed by atoms with Crippen LogP contribution in [0.2, 0.25) is 0 Å². The molecule has 4 aromatic rings. The van der Waals surface area contributed by atoms with Crippen LogP contribution in [-0.2, 0) is 13.1 Å². The van der Waals surface area contributed by atoms with E-state index >= 15 is 0 Å². The lowest BCUT2D eigenvalue weighted by molar-refractivity contribution is 0.102. The van der Waals surface area contributed by atoms with Crippen LogP contribution < -0.4 is 10.9 Å². The summed E-state index contributed by atoms with van der Waals surface area (Å²) >= 11 is 0. The van der Waals surface area contributed by atoms with E-state index in [4.69, 9.17) is 0 Å². The number of hydrogen-bond donors (Lipinski definition) is 1. The number of hydrogen-bond acceptors (Lipinski definition) is 3. The van der Waals surface area contributed by atoms with Crippen molar-refractivity contribution in [3.05, 3.63) is 100 Å². The molecule has 2 heterocycles. The van der Waals surface area contributed by atoms with E-state index < -0.39 is 5.91 Å². The van der Waals surface area contributed by atoms with Gasteiger partial charge in [-0.2, -0.15) is 0 Å². The summed E-state index contributed by atoms with van der Waals surface area (Å²) in [5, 5.41) is 3.96. The number of benzene rings is 2. The Balaban J connectivity index is 1.49. The molecular formula is C28H32N4O2. The summed E-state index contributed by atoms with van der Waals surface area (Å²) in [6, 6.07) is 19.3. The van der Waals surface area contributed by atoms with Crippen LogP contribution in [0.1, 0.15) is 35.3 Å². The van der Waals surface area contributed by atoms with Gasteiger partial charge in [0.05, 0.1) is 6.54 Å². The molecule has 0 saturated heterocycles. The number of likely N-dealkylation sites (N-methyl/N-ethyl adjacent to an activating group) is 1. The van der Waals surface area contributed by atoms with Gasteiger partial charge in [0.1, 0.15) is 5.56 Å². The van der Waals surface area contributed by atoms with Crippen molar-refractivity contribution in [3.8, 4) is 0 Å². The largest absolute Gasteiger partial charge is 0.346 e. The summed E-state index contributed by atoms with van der Waals surface area (Å²) < 4.78 is 3.81. The zero-order valence-electron chi connectivity index (χ0n) is 20.1. The summed E-state index contributed by atoms with van der Waals surface area (Å²) in [4.78, 5) is 28.3. The van der Waals surface area contributed by atoms with Crippen LogP contribution in [-0.4, -0.2) is 39.6 Å². The van der Waals surface area contributed by atoms with Crippen molar-refractivity contribution in [3.63, 3.8) is 0 Å². The summed E-state index contributed by atoms with van der Waals surface area (Å²) in [5.41, 5.74) is 3.79. The molecule has 0 unspecified atom stereocenters. The first-order valence-corrected chi connectivity index (χ1v) is 11.9. The first kappa shape index (κ1) is 23.5. The molecule has 0 saturated carbocycles. The first-order valence-electron chi connectivity index (χ1n) is 11.9. The van der Waals surface area contributed by atoms with Gasteiger partial charge in [-0.15, -0.1) is 0 Å². The van der Waals surface area contributed by atoms with Crippen molar-refractivity contribution in [2.75, 3.05) is 25.0 Å². The lowest BCUT2D eigenvalue weighted by atomic mass is 10.1. The van der Waals surface area contributed by atoms with E-state index in [1.54, 1.807) is 22.9 Å². The van der Waals surface area contributed by atoms with Crippen molar-refractivity contribution < 1.29 is 4.79 Å². The monoisotopic (exact) mass is 456 g/mol. The van der Waals surface area contributed by atoms with Gasteiger partial charge in [0.15, 0.2) is 0 Å². The van der Waals surface area contributed by atoms with Gasteiger partial charge in [0, 0.05) is 42.1 Å². The van der Waals surface area contributed by atoms with E-state index in [2.05, 4.69) is 40.9 Å². The molecule has 2 aromatic carbocycles. The second-order valence-corrected chi connectivity index (χ2v) is 8.61. The van der Waals surface area contributed by atoms with Crippen molar-refractivity contribution in [1.82, 2.24) is 14.0 Å². The molecule has 0 radical (unpaired) electrons. The molecule has 1 N–H and O–H groups in total. The molecule has 0 bridgehead atoms. The van der Waals surface area contributed by atoms with E-state index in [-0.39, 0.29) is 11.1 Å². The molecule has 0 spiro atoms. The highest BCUT2D eigenvalue weighted by atomic mass is 16.2. The smallest absolute Gasteiger partial charge is 0.263 e. The minimum Gasteiger partial charge on any atom is -0.346 e. The molecule has 4 rings (SSSR count). The molecule has 1 amide bonds. The highest BCUT2D eigenvalue weighted by Crippen LogP contribution is 2.21. The predicted molar refractivity (Wildman–Crippen MR) is 139 cm³/mol. The lowest BCUT2D eigenvalue weighted by Gasteiger charge is -2.18. The van der Waals surface area contributed by atoms with E-state index in [1.807, 2.05) is 49.4 Å². The lowest BCUT2D eigenvalue weighted by Crippen LogP contribution is -2.29. The van der Waals surface area contributed by atoms with Gasteiger partial charge in [-0.3, -0.25) is 9.59 Å². The zero-order valence-corrected chi connectivity index (χ0v) is 20.1. The Bertz CT molecular complexity index is 1350. The number of nitrogens with one attached hydrogen (secondary N) is 1. The number of pyridine rings is 1. The van der Waals surface area contributed by atoms with Gasteiger partial charge in [-0.05, 0) is 62.0 Å². The Hall–Kier alpha value is -3.64. The fourth-order valence-electron chi connectivity index (χ4n) is 4.30. The summed E-state index contributed by atoms with van der Waals surface area (Å²) in [6.45, 7) is 10.8. The van der Waals surface area contributed by atoms with Crippen molar-refractivity contribution in [1.29, 1.82) is 0 Å². The average molecular weight is 457 g/mol. The second-order valence-electron chi connectivity index (χ2n) is 8.61. The summed E-state index contributed by atoms with van der Waals surface area (Å²) in [6.07, 6.45) is 3.80. The minimum absolute atomic E-state index is 0.132. The third-order valence-electron chi connectivity index (χ3n) is 6.28. The van der Waals surface area contributed by atoms with E-state index in [0.717, 1.165) is 48.2 Å². The number of rotatable bonds is 9. The highest BCUT2D eigenvalue weighted by Gasteiger charge is 2.13. The maximum absolute atomic E-state index is 13.0. The maximum atomic E-state index is 13.0. The topological polar surface area (TPSA) is 59.3 Å². The fourth-order valence-corrected chi connectivity index (χ4v) is 4.30. The number of carbonyl (C=O) groups excluding carboxylic acids is 1. The first-order chi connectivity index (χ1) is 16.5. The molecule has 0 aliphatic heterocycles. The number of nitrogens with zero attached hydrogens (tertiary/aromatic N) is 3. The quantitative estimate of drug-likeness (QED) is 0.395. The Morgan fingerprint density at radius 3 is 2.53 bits per heavy atom. The van der Waals surface area contributed by atoms with Gasteiger partial charge in [-0.1, -0.05) is 43.7 Å². The predicted octanol–water partition coefficient (Wildman–Crippen LogP) is 4.75. The number of anilines is 1. The summed E-state index contributed by atoms with van der Waals surface area (Å²) in [7, 11) is 0. The summed E-state index contributed by atoms with van der Waals surface area (Å²) in [5.74, 6) is -0.399. The van der Waals surface area contributed by atoms with Gasteiger partial charge >= 0.3 is 0 Å².